The molecule has 1 aliphatic rings. The zero-order valence-electron chi connectivity index (χ0n) is 9.39. The summed E-state index contributed by atoms with van der Waals surface area (Å²) in [6.45, 7) is 0. The highest BCUT2D eigenvalue weighted by atomic mass is 79.9. The van der Waals surface area contributed by atoms with Crippen LogP contribution in [-0.2, 0) is 14.8 Å². The van der Waals surface area contributed by atoms with E-state index in [0.29, 0.717) is 12.8 Å². The van der Waals surface area contributed by atoms with E-state index in [1.807, 2.05) is 0 Å². The predicted molar refractivity (Wildman–Crippen MR) is 68.7 cm³/mol. The Morgan fingerprint density at radius 1 is 1.28 bits per heavy atom. The molecule has 1 saturated carbocycles. The van der Waals surface area contributed by atoms with Gasteiger partial charge in [-0.15, -0.1) is 0 Å². The monoisotopic (exact) mass is 333 g/mol. The number of nitrogens with one attached hydrogen (secondary N) is 1. The molecule has 1 fully saturated rings. The minimum Gasteiger partial charge on any atom is -0.480 e. The third-order valence-corrected chi connectivity index (χ3v) is 5.15. The van der Waals surface area contributed by atoms with Gasteiger partial charge in [0, 0.05) is 4.47 Å². The van der Waals surface area contributed by atoms with Crippen LogP contribution < -0.4 is 4.72 Å². The lowest BCUT2D eigenvalue weighted by Gasteiger charge is -2.37. The lowest BCUT2D eigenvalue weighted by Crippen LogP contribution is -2.58. The molecule has 0 aromatic heterocycles. The molecule has 0 unspecified atom stereocenters. The van der Waals surface area contributed by atoms with Crippen molar-refractivity contribution in [2.75, 3.05) is 0 Å². The smallest absolute Gasteiger partial charge is 0.324 e. The Kier molecular flexibility index (Phi) is 3.48. The van der Waals surface area contributed by atoms with Gasteiger partial charge in [-0.05, 0) is 43.5 Å². The fraction of sp³-hybridized carbons (Fsp3) is 0.364. The minimum absolute atomic E-state index is 0.0678. The van der Waals surface area contributed by atoms with Crippen molar-refractivity contribution in [2.45, 2.75) is 29.7 Å². The van der Waals surface area contributed by atoms with Crippen LogP contribution in [0.15, 0.2) is 33.6 Å². The maximum Gasteiger partial charge on any atom is 0.324 e. The van der Waals surface area contributed by atoms with Gasteiger partial charge in [0.2, 0.25) is 10.0 Å². The van der Waals surface area contributed by atoms with E-state index >= 15 is 0 Å². The normalized spacial score (nSPS) is 18.1. The van der Waals surface area contributed by atoms with Crippen LogP contribution in [0.3, 0.4) is 0 Å². The van der Waals surface area contributed by atoms with Gasteiger partial charge in [-0.3, -0.25) is 4.79 Å². The first kappa shape index (κ1) is 13.5. The van der Waals surface area contributed by atoms with Crippen molar-refractivity contribution in [2.24, 2.45) is 0 Å². The molecule has 0 heterocycles. The van der Waals surface area contributed by atoms with E-state index in [0.717, 1.165) is 10.9 Å². The molecule has 5 nitrogen and oxygen atoms in total. The third-order valence-electron chi connectivity index (χ3n) is 3.07. The summed E-state index contributed by atoms with van der Waals surface area (Å²) in [4.78, 5) is 11.2. The van der Waals surface area contributed by atoms with Crippen LogP contribution in [0.1, 0.15) is 19.3 Å². The average molecular weight is 334 g/mol. The van der Waals surface area contributed by atoms with Crippen LogP contribution >= 0.6 is 15.9 Å². The van der Waals surface area contributed by atoms with Crippen LogP contribution in [0.4, 0.5) is 0 Å². The number of carbonyl (C=O) groups is 1. The maximum atomic E-state index is 12.1. The number of sulfonamides is 1. The number of carboxylic acid groups (broad SMARTS) is 1. The summed E-state index contributed by atoms with van der Waals surface area (Å²) in [7, 11) is -3.79. The van der Waals surface area contributed by atoms with Gasteiger partial charge in [0.25, 0.3) is 0 Å². The van der Waals surface area contributed by atoms with Gasteiger partial charge in [0.1, 0.15) is 5.54 Å². The highest BCUT2D eigenvalue weighted by Gasteiger charge is 2.47. The molecule has 1 aliphatic carbocycles. The van der Waals surface area contributed by atoms with E-state index in [1.54, 1.807) is 12.1 Å². The summed E-state index contributed by atoms with van der Waals surface area (Å²) in [6, 6.07) is 6.06. The molecule has 0 atom stereocenters. The van der Waals surface area contributed by atoms with Crippen LogP contribution in [0.2, 0.25) is 0 Å². The van der Waals surface area contributed by atoms with Gasteiger partial charge in [-0.2, -0.15) is 4.72 Å². The number of rotatable bonds is 4. The highest BCUT2D eigenvalue weighted by Crippen LogP contribution is 2.33. The summed E-state index contributed by atoms with van der Waals surface area (Å²) in [5.74, 6) is -1.12. The van der Waals surface area contributed by atoms with Crippen molar-refractivity contribution in [1.29, 1.82) is 0 Å². The predicted octanol–water partition coefficient (Wildman–Crippen LogP) is 1.73. The SMILES string of the molecule is O=C(O)C1(NS(=O)(=O)c2ccc(Br)cc2)CCC1. The molecule has 1 aromatic rings. The van der Waals surface area contributed by atoms with Gasteiger partial charge in [0.05, 0.1) is 4.90 Å². The van der Waals surface area contributed by atoms with Gasteiger partial charge in [-0.1, -0.05) is 15.9 Å². The van der Waals surface area contributed by atoms with Crippen molar-refractivity contribution in [3.63, 3.8) is 0 Å². The maximum absolute atomic E-state index is 12.1. The summed E-state index contributed by atoms with van der Waals surface area (Å²) >= 11 is 3.21. The quantitative estimate of drug-likeness (QED) is 0.878. The molecule has 98 valence electrons. The standard InChI is InChI=1S/C11H12BrNO4S/c12-8-2-4-9(5-3-8)18(16,17)13-11(10(14)15)6-1-7-11/h2-5,13H,1,6-7H2,(H,14,15). The molecule has 0 radical (unpaired) electrons. The Bertz CT molecular complexity index is 563. The van der Waals surface area contributed by atoms with Crippen LogP contribution in [0, 0.1) is 0 Å². The van der Waals surface area contributed by atoms with Crippen molar-refractivity contribution in [1.82, 2.24) is 4.72 Å². The second-order valence-corrected chi connectivity index (χ2v) is 6.90. The largest absolute Gasteiger partial charge is 0.480 e. The summed E-state index contributed by atoms with van der Waals surface area (Å²) in [5.41, 5.74) is -1.33. The van der Waals surface area contributed by atoms with E-state index in [-0.39, 0.29) is 4.90 Å². The second-order valence-electron chi connectivity index (χ2n) is 4.30. The van der Waals surface area contributed by atoms with Crippen LogP contribution in [-0.4, -0.2) is 25.0 Å². The number of aliphatic carboxylic acids is 1. The van der Waals surface area contributed by atoms with E-state index in [4.69, 9.17) is 5.11 Å². The van der Waals surface area contributed by atoms with Crippen LogP contribution in [0.25, 0.3) is 0 Å². The lowest BCUT2D eigenvalue weighted by molar-refractivity contribution is -0.147. The highest BCUT2D eigenvalue weighted by molar-refractivity contribution is 9.10. The summed E-state index contributed by atoms with van der Waals surface area (Å²) < 4.78 is 27.2. The fourth-order valence-corrected chi connectivity index (χ4v) is 3.50. The van der Waals surface area contributed by atoms with Crippen molar-refractivity contribution >= 4 is 31.9 Å². The molecule has 2 N–H and O–H groups in total. The second kappa shape index (κ2) is 4.64. The van der Waals surface area contributed by atoms with Crippen molar-refractivity contribution in [3.05, 3.63) is 28.7 Å². The van der Waals surface area contributed by atoms with E-state index in [1.165, 1.54) is 12.1 Å². The van der Waals surface area contributed by atoms with Gasteiger partial charge >= 0.3 is 5.97 Å². The zero-order valence-corrected chi connectivity index (χ0v) is 11.8. The van der Waals surface area contributed by atoms with Gasteiger partial charge in [0.15, 0.2) is 0 Å². The first-order valence-corrected chi connectivity index (χ1v) is 7.66. The van der Waals surface area contributed by atoms with Crippen LogP contribution in [0.5, 0.6) is 0 Å². The van der Waals surface area contributed by atoms with Gasteiger partial charge in [-0.25, -0.2) is 8.42 Å². The lowest BCUT2D eigenvalue weighted by atomic mass is 9.78. The zero-order chi connectivity index (χ0) is 13.4. The number of carboxylic acids is 1. The number of benzene rings is 1. The molecular weight excluding hydrogens is 322 g/mol. The Hall–Kier alpha value is -0.920. The van der Waals surface area contributed by atoms with Crippen molar-refractivity contribution < 1.29 is 18.3 Å². The Morgan fingerprint density at radius 3 is 2.22 bits per heavy atom. The third kappa shape index (κ3) is 2.43. The number of hydrogen-bond donors (Lipinski definition) is 2. The molecule has 0 amide bonds. The summed E-state index contributed by atoms with van der Waals surface area (Å²) in [5, 5.41) is 9.10. The molecule has 0 aliphatic heterocycles. The molecule has 7 heteroatoms. The van der Waals surface area contributed by atoms with Crippen molar-refractivity contribution in [3.8, 4) is 0 Å². The molecule has 1 aromatic carbocycles. The molecular formula is C11H12BrNO4S. The Morgan fingerprint density at radius 2 is 1.83 bits per heavy atom. The minimum atomic E-state index is -3.79. The first-order chi connectivity index (χ1) is 8.36. The number of hydrogen-bond acceptors (Lipinski definition) is 3. The van der Waals surface area contributed by atoms with E-state index in [2.05, 4.69) is 20.7 Å². The Labute approximate surface area is 113 Å². The van der Waals surface area contributed by atoms with Gasteiger partial charge < -0.3 is 5.11 Å². The first-order valence-electron chi connectivity index (χ1n) is 5.39. The molecule has 2 rings (SSSR count). The Balaban J connectivity index is 2.27. The van der Waals surface area contributed by atoms with E-state index in [9.17, 15) is 13.2 Å². The number of halogens is 1. The fourth-order valence-electron chi connectivity index (χ4n) is 1.82. The molecule has 0 spiro atoms. The molecule has 0 bridgehead atoms. The summed E-state index contributed by atoms with van der Waals surface area (Å²) in [6.07, 6.45) is 1.38. The topological polar surface area (TPSA) is 83.5 Å². The molecule has 0 saturated heterocycles. The average Bonchev–Trinajstić information content (AvgIpc) is 2.23. The molecule has 18 heavy (non-hydrogen) atoms. The van der Waals surface area contributed by atoms with E-state index < -0.39 is 21.5 Å².